The Bertz CT molecular complexity index is 770. The average molecular weight is 346 g/mol. The number of ketones is 1. The lowest BCUT2D eigenvalue weighted by molar-refractivity contribution is -0.119. The third-order valence-electron chi connectivity index (χ3n) is 4.82. The highest BCUT2D eigenvalue weighted by atomic mass is 16.5. The first kappa shape index (κ1) is 18.2. The molecule has 0 aromatic heterocycles. The predicted octanol–water partition coefficient (Wildman–Crippen LogP) is 5.64. The van der Waals surface area contributed by atoms with Gasteiger partial charge in [-0.3, -0.25) is 4.79 Å². The number of hydrogen-bond donors (Lipinski definition) is 0. The summed E-state index contributed by atoms with van der Waals surface area (Å²) in [6.07, 6.45) is 9.81. The topological polar surface area (TPSA) is 26.3 Å². The molecule has 0 amide bonds. The van der Waals surface area contributed by atoms with Crippen molar-refractivity contribution in [3.8, 4) is 5.75 Å². The first-order valence-corrected chi connectivity index (χ1v) is 9.44. The zero-order chi connectivity index (χ0) is 18.2. The summed E-state index contributed by atoms with van der Waals surface area (Å²) >= 11 is 0. The van der Waals surface area contributed by atoms with Gasteiger partial charge >= 0.3 is 0 Å². The summed E-state index contributed by atoms with van der Waals surface area (Å²) in [7, 11) is 0. The summed E-state index contributed by atoms with van der Waals surface area (Å²) in [6, 6.07) is 18.4. The third kappa shape index (κ3) is 5.19. The SMILES string of the molecule is CCOc1ccc(C=CC2=CC(=O)C(CCc3ccccc3)CC2)cc1. The molecule has 2 heteroatoms. The van der Waals surface area contributed by atoms with Crippen molar-refractivity contribution in [1.82, 2.24) is 0 Å². The van der Waals surface area contributed by atoms with Gasteiger partial charge < -0.3 is 4.74 Å². The van der Waals surface area contributed by atoms with Crippen LogP contribution in [0.1, 0.15) is 37.3 Å². The fourth-order valence-corrected chi connectivity index (χ4v) is 3.30. The van der Waals surface area contributed by atoms with Gasteiger partial charge in [0.15, 0.2) is 5.78 Å². The molecule has 2 nitrogen and oxygen atoms in total. The standard InChI is InChI=1S/C24H26O2/c1-2-26-23-16-12-20(13-17-23)8-9-21-11-15-22(24(25)18-21)14-10-19-6-4-3-5-7-19/h3-9,12-13,16-18,22H,2,10-11,14-15H2,1H3. The second-order valence-electron chi connectivity index (χ2n) is 6.72. The van der Waals surface area contributed by atoms with Crippen LogP contribution in [-0.2, 0) is 11.2 Å². The monoisotopic (exact) mass is 346 g/mol. The Kier molecular flexibility index (Phi) is 6.43. The van der Waals surface area contributed by atoms with Gasteiger partial charge in [0.05, 0.1) is 6.61 Å². The van der Waals surface area contributed by atoms with Crippen molar-refractivity contribution in [2.24, 2.45) is 5.92 Å². The van der Waals surface area contributed by atoms with Crippen molar-refractivity contribution in [1.29, 1.82) is 0 Å². The molecule has 1 aliphatic rings. The molecule has 26 heavy (non-hydrogen) atoms. The van der Waals surface area contributed by atoms with Gasteiger partial charge in [-0.05, 0) is 67.5 Å². The summed E-state index contributed by atoms with van der Waals surface area (Å²) in [6.45, 7) is 2.66. The maximum Gasteiger partial charge on any atom is 0.159 e. The first-order valence-electron chi connectivity index (χ1n) is 9.44. The quantitative estimate of drug-likeness (QED) is 0.649. The lowest BCUT2D eigenvalue weighted by Crippen LogP contribution is -2.17. The van der Waals surface area contributed by atoms with Crippen molar-refractivity contribution < 1.29 is 9.53 Å². The largest absolute Gasteiger partial charge is 0.494 e. The molecule has 1 atom stereocenters. The van der Waals surface area contributed by atoms with Gasteiger partial charge in [-0.15, -0.1) is 0 Å². The Morgan fingerprint density at radius 2 is 1.81 bits per heavy atom. The van der Waals surface area contributed by atoms with Crippen molar-refractivity contribution >= 4 is 11.9 Å². The predicted molar refractivity (Wildman–Crippen MR) is 107 cm³/mol. The summed E-state index contributed by atoms with van der Waals surface area (Å²) < 4.78 is 5.46. The molecule has 0 fully saturated rings. The number of carbonyl (C=O) groups excluding carboxylic acids is 1. The molecular formula is C24H26O2. The molecule has 0 N–H and O–H groups in total. The van der Waals surface area contributed by atoms with Gasteiger partial charge in [0, 0.05) is 5.92 Å². The maximum absolute atomic E-state index is 12.4. The number of aryl methyl sites for hydroxylation is 1. The molecule has 0 radical (unpaired) electrons. The smallest absolute Gasteiger partial charge is 0.159 e. The molecule has 134 valence electrons. The Hall–Kier alpha value is -2.61. The molecule has 0 saturated heterocycles. The van der Waals surface area contributed by atoms with Gasteiger partial charge in [-0.1, -0.05) is 54.6 Å². The van der Waals surface area contributed by atoms with Crippen molar-refractivity contribution in [2.75, 3.05) is 6.61 Å². The molecule has 1 aliphatic carbocycles. The van der Waals surface area contributed by atoms with Crippen LogP contribution in [0.5, 0.6) is 5.75 Å². The van der Waals surface area contributed by atoms with E-state index >= 15 is 0 Å². The molecule has 1 unspecified atom stereocenters. The molecule has 2 aromatic carbocycles. The number of ether oxygens (including phenoxy) is 1. The molecule has 0 bridgehead atoms. The van der Waals surface area contributed by atoms with E-state index in [9.17, 15) is 4.79 Å². The molecular weight excluding hydrogens is 320 g/mol. The number of carbonyl (C=O) groups is 1. The van der Waals surface area contributed by atoms with Crippen LogP contribution in [0.3, 0.4) is 0 Å². The minimum atomic E-state index is 0.165. The highest BCUT2D eigenvalue weighted by Gasteiger charge is 2.21. The van der Waals surface area contributed by atoms with E-state index < -0.39 is 0 Å². The van der Waals surface area contributed by atoms with E-state index in [-0.39, 0.29) is 11.7 Å². The fraction of sp³-hybridized carbons (Fsp3) is 0.292. The van der Waals surface area contributed by atoms with Crippen molar-refractivity contribution in [3.63, 3.8) is 0 Å². The molecule has 0 saturated carbocycles. The highest BCUT2D eigenvalue weighted by molar-refractivity contribution is 5.93. The lowest BCUT2D eigenvalue weighted by Gasteiger charge is -2.19. The van der Waals surface area contributed by atoms with Crippen LogP contribution in [0.15, 0.2) is 72.3 Å². The zero-order valence-electron chi connectivity index (χ0n) is 15.4. The van der Waals surface area contributed by atoms with Crippen LogP contribution in [0, 0.1) is 5.92 Å². The summed E-state index contributed by atoms with van der Waals surface area (Å²) in [4.78, 5) is 12.4. The average Bonchev–Trinajstić information content (AvgIpc) is 2.68. The first-order chi connectivity index (χ1) is 12.7. The fourth-order valence-electron chi connectivity index (χ4n) is 3.30. The second kappa shape index (κ2) is 9.19. The van der Waals surface area contributed by atoms with E-state index in [4.69, 9.17) is 4.74 Å². The minimum absolute atomic E-state index is 0.165. The summed E-state index contributed by atoms with van der Waals surface area (Å²) in [5.41, 5.74) is 3.55. The van der Waals surface area contributed by atoms with Crippen molar-refractivity contribution in [2.45, 2.75) is 32.6 Å². The molecule has 2 aromatic rings. The van der Waals surface area contributed by atoms with Crippen LogP contribution in [-0.4, -0.2) is 12.4 Å². The van der Waals surface area contributed by atoms with Gasteiger partial charge in [0.2, 0.25) is 0 Å². The zero-order valence-corrected chi connectivity index (χ0v) is 15.4. The highest BCUT2D eigenvalue weighted by Crippen LogP contribution is 2.26. The van der Waals surface area contributed by atoms with Crippen LogP contribution in [0.2, 0.25) is 0 Å². The Morgan fingerprint density at radius 3 is 2.50 bits per heavy atom. The van der Waals surface area contributed by atoms with E-state index in [2.05, 4.69) is 36.4 Å². The minimum Gasteiger partial charge on any atom is -0.494 e. The van der Waals surface area contributed by atoms with E-state index in [0.717, 1.165) is 42.6 Å². The van der Waals surface area contributed by atoms with Gasteiger partial charge in [0.1, 0.15) is 5.75 Å². The lowest BCUT2D eigenvalue weighted by atomic mass is 9.84. The third-order valence-corrected chi connectivity index (χ3v) is 4.82. The van der Waals surface area contributed by atoms with Crippen LogP contribution >= 0.6 is 0 Å². The van der Waals surface area contributed by atoms with Crippen LogP contribution in [0.4, 0.5) is 0 Å². The van der Waals surface area contributed by atoms with Gasteiger partial charge in [-0.25, -0.2) is 0 Å². The van der Waals surface area contributed by atoms with E-state index in [1.165, 1.54) is 5.56 Å². The second-order valence-corrected chi connectivity index (χ2v) is 6.72. The summed E-state index contributed by atoms with van der Waals surface area (Å²) in [5.74, 6) is 1.33. The number of rotatable bonds is 7. The number of allylic oxidation sites excluding steroid dienone is 3. The Balaban J connectivity index is 1.54. The van der Waals surface area contributed by atoms with Crippen LogP contribution in [0.25, 0.3) is 6.08 Å². The van der Waals surface area contributed by atoms with Gasteiger partial charge in [0.25, 0.3) is 0 Å². The number of benzene rings is 2. The maximum atomic E-state index is 12.4. The Labute approximate surface area is 156 Å². The normalized spacial score (nSPS) is 17.3. The van der Waals surface area contributed by atoms with Gasteiger partial charge in [-0.2, -0.15) is 0 Å². The molecule has 0 spiro atoms. The molecule has 0 heterocycles. The molecule has 0 aliphatic heterocycles. The summed E-state index contributed by atoms with van der Waals surface area (Å²) in [5, 5.41) is 0. The van der Waals surface area contributed by atoms with E-state index in [0.29, 0.717) is 6.61 Å². The van der Waals surface area contributed by atoms with E-state index in [1.54, 1.807) is 0 Å². The Morgan fingerprint density at radius 1 is 1.04 bits per heavy atom. The molecule has 3 rings (SSSR count). The van der Waals surface area contributed by atoms with Crippen molar-refractivity contribution in [3.05, 3.63) is 83.4 Å². The van der Waals surface area contributed by atoms with Crippen LogP contribution < -0.4 is 4.74 Å². The number of hydrogen-bond acceptors (Lipinski definition) is 2. The van der Waals surface area contributed by atoms with E-state index in [1.807, 2.05) is 43.3 Å².